The van der Waals surface area contributed by atoms with Gasteiger partial charge in [-0.1, -0.05) is 18.2 Å². The van der Waals surface area contributed by atoms with E-state index in [4.69, 9.17) is 0 Å². The van der Waals surface area contributed by atoms with Crippen LogP contribution in [0.4, 0.5) is 17.1 Å². The number of carbonyl (C=O) groups is 1. The second-order valence-electron chi connectivity index (χ2n) is 5.44. The Morgan fingerprint density at radius 3 is 2.35 bits per heavy atom. The Balaban J connectivity index is 2.10. The number of nitrogens with zero attached hydrogens (tertiary/aromatic N) is 3. The molecule has 6 heteroatoms. The number of anilines is 2. The summed E-state index contributed by atoms with van der Waals surface area (Å²) in [5.41, 5.74) is 2.83. The number of non-ortho nitro benzene ring substituents is 1. The zero-order valence-electron chi connectivity index (χ0n) is 12.8. The van der Waals surface area contributed by atoms with Crippen molar-refractivity contribution >= 4 is 28.5 Å². The molecule has 0 bridgehead atoms. The van der Waals surface area contributed by atoms with Crippen LogP contribution < -0.4 is 4.90 Å². The van der Waals surface area contributed by atoms with E-state index in [1.54, 1.807) is 23.2 Å². The summed E-state index contributed by atoms with van der Waals surface area (Å²) in [6.07, 6.45) is 1.78. The quantitative estimate of drug-likeness (QED) is 0.496. The molecule has 0 spiro atoms. The van der Waals surface area contributed by atoms with Gasteiger partial charge in [0.1, 0.15) is 0 Å². The highest BCUT2D eigenvalue weighted by Crippen LogP contribution is 2.41. The normalized spacial score (nSPS) is 15.0. The van der Waals surface area contributed by atoms with E-state index in [1.807, 2.05) is 43.3 Å². The summed E-state index contributed by atoms with van der Waals surface area (Å²) in [7, 11) is 3.72. The molecule has 3 rings (SSSR count). The minimum atomic E-state index is -0.457. The predicted octanol–water partition coefficient (Wildman–Crippen LogP) is 3.18. The number of carbonyl (C=O) groups excluding carboxylic acids is 1. The maximum absolute atomic E-state index is 12.8. The molecule has 6 nitrogen and oxygen atoms in total. The first kappa shape index (κ1) is 14.8. The SMILES string of the molecule is CN(C)/C=C1\C(=O)N(c2ccc([N+](=O)[O-])cc2)c2ccccc21. The van der Waals surface area contributed by atoms with Gasteiger partial charge in [0.05, 0.1) is 16.2 Å². The van der Waals surface area contributed by atoms with Crippen LogP contribution in [0, 0.1) is 10.1 Å². The second-order valence-corrected chi connectivity index (χ2v) is 5.44. The smallest absolute Gasteiger partial charge is 0.269 e. The Bertz CT molecular complexity index is 810. The lowest BCUT2D eigenvalue weighted by Gasteiger charge is -2.17. The lowest BCUT2D eigenvalue weighted by atomic mass is 10.1. The average Bonchev–Trinajstić information content (AvgIpc) is 2.80. The molecule has 1 aliphatic heterocycles. The maximum atomic E-state index is 12.8. The number of fused-ring (bicyclic) bond motifs is 1. The van der Waals surface area contributed by atoms with Gasteiger partial charge < -0.3 is 4.90 Å². The molecule has 23 heavy (non-hydrogen) atoms. The Kier molecular flexibility index (Phi) is 3.57. The van der Waals surface area contributed by atoms with E-state index in [-0.39, 0.29) is 11.6 Å². The zero-order chi connectivity index (χ0) is 16.6. The van der Waals surface area contributed by atoms with Gasteiger partial charge in [0.2, 0.25) is 0 Å². The van der Waals surface area contributed by atoms with Gasteiger partial charge in [-0.25, -0.2) is 0 Å². The molecule has 116 valence electrons. The minimum Gasteiger partial charge on any atom is -0.383 e. The van der Waals surface area contributed by atoms with E-state index in [0.717, 1.165) is 11.3 Å². The Morgan fingerprint density at radius 2 is 1.74 bits per heavy atom. The third-order valence-electron chi connectivity index (χ3n) is 3.57. The number of nitro groups is 1. The van der Waals surface area contributed by atoms with Gasteiger partial charge >= 0.3 is 0 Å². The van der Waals surface area contributed by atoms with E-state index in [0.29, 0.717) is 11.3 Å². The fourth-order valence-corrected chi connectivity index (χ4v) is 2.60. The summed E-state index contributed by atoms with van der Waals surface area (Å²) in [5.74, 6) is -0.145. The third-order valence-corrected chi connectivity index (χ3v) is 3.57. The molecular weight excluding hydrogens is 294 g/mol. The molecule has 0 N–H and O–H groups in total. The van der Waals surface area contributed by atoms with E-state index in [2.05, 4.69) is 0 Å². The third kappa shape index (κ3) is 2.55. The van der Waals surface area contributed by atoms with Gasteiger partial charge in [-0.05, 0) is 18.2 Å². The molecule has 0 fully saturated rings. The van der Waals surface area contributed by atoms with Crippen molar-refractivity contribution in [2.45, 2.75) is 0 Å². The molecule has 1 heterocycles. The molecule has 0 aliphatic carbocycles. The van der Waals surface area contributed by atoms with Crippen LogP contribution in [0.5, 0.6) is 0 Å². The molecule has 0 radical (unpaired) electrons. The molecule has 2 aromatic rings. The van der Waals surface area contributed by atoms with Gasteiger partial charge in [-0.3, -0.25) is 19.8 Å². The van der Waals surface area contributed by atoms with Crippen LogP contribution >= 0.6 is 0 Å². The molecular formula is C17H15N3O3. The molecule has 2 aromatic carbocycles. The van der Waals surface area contributed by atoms with Crippen LogP contribution in [-0.2, 0) is 4.79 Å². The van der Waals surface area contributed by atoms with E-state index < -0.39 is 4.92 Å². The van der Waals surface area contributed by atoms with Gasteiger partial charge in [-0.15, -0.1) is 0 Å². The molecule has 1 aliphatic rings. The average molecular weight is 309 g/mol. The van der Waals surface area contributed by atoms with Crippen molar-refractivity contribution in [3.8, 4) is 0 Å². The minimum absolute atomic E-state index is 0.00209. The van der Waals surface area contributed by atoms with Crippen molar-refractivity contribution in [1.82, 2.24) is 4.90 Å². The Hall–Kier alpha value is -3.15. The van der Waals surface area contributed by atoms with Crippen LogP contribution in [0.1, 0.15) is 5.56 Å². The summed E-state index contributed by atoms with van der Waals surface area (Å²) >= 11 is 0. The van der Waals surface area contributed by atoms with Crippen LogP contribution in [0.15, 0.2) is 54.7 Å². The summed E-state index contributed by atoms with van der Waals surface area (Å²) in [4.78, 5) is 26.5. The first-order valence-corrected chi connectivity index (χ1v) is 7.05. The number of hydrogen-bond donors (Lipinski definition) is 0. The van der Waals surface area contributed by atoms with E-state index >= 15 is 0 Å². The van der Waals surface area contributed by atoms with Crippen LogP contribution in [-0.4, -0.2) is 29.8 Å². The lowest BCUT2D eigenvalue weighted by Crippen LogP contribution is -2.21. The lowest BCUT2D eigenvalue weighted by molar-refractivity contribution is -0.384. The largest absolute Gasteiger partial charge is 0.383 e. The summed E-state index contributed by atoms with van der Waals surface area (Å²) in [6.45, 7) is 0. The Morgan fingerprint density at radius 1 is 1.09 bits per heavy atom. The first-order chi connectivity index (χ1) is 11.0. The number of para-hydroxylation sites is 1. The van der Waals surface area contributed by atoms with Gasteiger partial charge in [-0.2, -0.15) is 0 Å². The molecule has 0 saturated heterocycles. The van der Waals surface area contributed by atoms with Crippen LogP contribution in [0.2, 0.25) is 0 Å². The van der Waals surface area contributed by atoms with Crippen LogP contribution in [0.25, 0.3) is 5.57 Å². The topological polar surface area (TPSA) is 66.7 Å². The highest BCUT2D eigenvalue weighted by atomic mass is 16.6. The van der Waals surface area contributed by atoms with Crippen molar-refractivity contribution in [3.05, 3.63) is 70.4 Å². The van der Waals surface area contributed by atoms with Crippen molar-refractivity contribution in [2.24, 2.45) is 0 Å². The fraction of sp³-hybridized carbons (Fsp3) is 0.118. The van der Waals surface area contributed by atoms with Gasteiger partial charge in [0.25, 0.3) is 11.6 Å². The highest BCUT2D eigenvalue weighted by molar-refractivity contribution is 6.34. The van der Waals surface area contributed by atoms with Crippen LogP contribution in [0.3, 0.4) is 0 Å². The molecule has 0 atom stereocenters. The van der Waals surface area contributed by atoms with E-state index in [9.17, 15) is 14.9 Å². The summed E-state index contributed by atoms with van der Waals surface area (Å²) in [6, 6.07) is 13.5. The van der Waals surface area contributed by atoms with Crippen molar-refractivity contribution in [3.63, 3.8) is 0 Å². The van der Waals surface area contributed by atoms with E-state index in [1.165, 1.54) is 12.1 Å². The Labute approximate surface area is 133 Å². The summed E-state index contributed by atoms with van der Waals surface area (Å²) in [5, 5.41) is 10.8. The fourth-order valence-electron chi connectivity index (χ4n) is 2.60. The highest BCUT2D eigenvalue weighted by Gasteiger charge is 2.33. The van der Waals surface area contributed by atoms with Gasteiger partial charge in [0.15, 0.2) is 0 Å². The summed E-state index contributed by atoms with van der Waals surface area (Å²) < 4.78 is 0. The second kappa shape index (κ2) is 5.57. The molecule has 1 amide bonds. The molecule has 0 saturated carbocycles. The predicted molar refractivity (Wildman–Crippen MR) is 88.3 cm³/mol. The van der Waals surface area contributed by atoms with Crippen molar-refractivity contribution in [2.75, 3.05) is 19.0 Å². The van der Waals surface area contributed by atoms with Gasteiger partial charge in [0, 0.05) is 43.7 Å². The monoisotopic (exact) mass is 309 g/mol. The zero-order valence-corrected chi connectivity index (χ0v) is 12.8. The maximum Gasteiger partial charge on any atom is 0.269 e. The van der Waals surface area contributed by atoms with Crippen molar-refractivity contribution < 1.29 is 9.72 Å². The number of benzene rings is 2. The van der Waals surface area contributed by atoms with Crippen molar-refractivity contribution in [1.29, 1.82) is 0 Å². The number of hydrogen-bond acceptors (Lipinski definition) is 4. The number of rotatable bonds is 3. The number of nitro benzene ring substituents is 1. The number of amides is 1. The standard InChI is InChI=1S/C17H15N3O3/c1-18(2)11-15-14-5-3-4-6-16(14)19(17(15)21)12-7-9-13(10-8-12)20(22)23/h3-11H,1-2H3/b15-11-. The molecule has 0 aromatic heterocycles. The molecule has 0 unspecified atom stereocenters. The first-order valence-electron chi connectivity index (χ1n) is 7.05.